The Morgan fingerprint density at radius 1 is 1.21 bits per heavy atom. The van der Waals surface area contributed by atoms with Crippen LogP contribution in [0.2, 0.25) is 5.02 Å². The van der Waals surface area contributed by atoms with Gasteiger partial charge >= 0.3 is 0 Å². The molecule has 1 aromatic heterocycles. The van der Waals surface area contributed by atoms with E-state index in [4.69, 9.17) is 11.6 Å². The number of aromatic nitrogens is 1. The molecule has 2 atom stereocenters. The van der Waals surface area contributed by atoms with Crippen LogP contribution >= 0.6 is 11.6 Å². The van der Waals surface area contributed by atoms with E-state index >= 15 is 0 Å². The number of piperidine rings is 1. The highest BCUT2D eigenvalue weighted by molar-refractivity contribution is 6.35. The zero-order valence-corrected chi connectivity index (χ0v) is 28.8. The van der Waals surface area contributed by atoms with Crippen LogP contribution in [0.3, 0.4) is 0 Å². The second-order valence-electron chi connectivity index (χ2n) is 13.1. The summed E-state index contributed by atoms with van der Waals surface area (Å²) >= 11 is 6.89. The number of hydrogen-bond acceptors (Lipinski definition) is 9. The van der Waals surface area contributed by atoms with Gasteiger partial charge in [-0.15, -0.1) is 5.53 Å². The highest BCUT2D eigenvalue weighted by atomic mass is 35.5. The zero-order valence-electron chi connectivity index (χ0n) is 28.0. The van der Waals surface area contributed by atoms with Gasteiger partial charge in [0.2, 0.25) is 0 Å². The van der Waals surface area contributed by atoms with Crippen LogP contribution in [0.25, 0.3) is 10.9 Å². The fourth-order valence-electron chi connectivity index (χ4n) is 6.25. The average Bonchev–Trinajstić information content (AvgIpc) is 3.56. The topological polar surface area (TPSA) is 104 Å². The number of fused-ring (bicyclic) bond motifs is 1. The molecule has 1 fully saturated rings. The Labute approximate surface area is 284 Å². The predicted molar refractivity (Wildman–Crippen MR) is 195 cm³/mol. The van der Waals surface area contributed by atoms with Crippen molar-refractivity contribution in [3.8, 4) is 6.07 Å². The molecule has 47 heavy (non-hydrogen) atoms. The molecule has 4 N–H and O–H groups in total. The fourth-order valence-corrected chi connectivity index (χ4v) is 6.52. The molecule has 0 spiro atoms. The molecule has 3 heterocycles. The fraction of sp³-hybridized carbons (Fsp3) is 0.378. The Kier molecular flexibility index (Phi) is 10.9. The average molecular weight is 652 g/mol. The van der Waals surface area contributed by atoms with Gasteiger partial charge in [0.15, 0.2) is 0 Å². The van der Waals surface area contributed by atoms with E-state index in [1.807, 2.05) is 42.5 Å². The number of hydrogen-bond donors (Lipinski definition) is 4. The number of rotatable bonds is 11. The molecule has 1 saturated heterocycles. The lowest BCUT2D eigenvalue weighted by Gasteiger charge is -2.42. The molecule has 2 aliphatic rings. The molecular formula is C37H46ClN9. The summed E-state index contributed by atoms with van der Waals surface area (Å²) < 4.78 is 0. The Morgan fingerprint density at radius 2 is 1.96 bits per heavy atom. The SMILES string of the molecule is C=C(/C=C\C=N/C)[C@H](Nc1cc(Cl)c2ncc(C#N)c(N[C@H](CC)c3ccccc3)c2c1)C1=CN(C2CCN(C(C)(C)C)CC2)NN1. The first kappa shape index (κ1) is 34.0. The first-order chi connectivity index (χ1) is 22.6. The summed E-state index contributed by atoms with van der Waals surface area (Å²) in [5, 5.41) is 20.8. The summed E-state index contributed by atoms with van der Waals surface area (Å²) in [4.78, 5) is 11.2. The van der Waals surface area contributed by atoms with Crippen LogP contribution in [0.1, 0.15) is 64.1 Å². The van der Waals surface area contributed by atoms with Crippen molar-refractivity contribution in [1.29, 1.82) is 5.26 Å². The normalized spacial score (nSPS) is 17.5. The molecule has 9 nitrogen and oxygen atoms in total. The van der Waals surface area contributed by atoms with E-state index in [2.05, 4.69) is 100 Å². The molecule has 0 unspecified atom stereocenters. The Morgan fingerprint density at radius 3 is 2.62 bits per heavy atom. The van der Waals surface area contributed by atoms with Crippen molar-refractivity contribution >= 4 is 40.1 Å². The smallest absolute Gasteiger partial charge is 0.103 e. The van der Waals surface area contributed by atoms with Gasteiger partial charge in [-0.05, 0) is 69.4 Å². The molecular weight excluding hydrogens is 606 g/mol. The second kappa shape index (κ2) is 15.0. The third-order valence-electron chi connectivity index (χ3n) is 8.93. The monoisotopic (exact) mass is 651 g/mol. The number of allylic oxidation sites excluding steroid dienone is 1. The number of likely N-dealkylation sites (tertiary alicyclic amines) is 1. The Bertz CT molecular complexity index is 1690. The highest BCUT2D eigenvalue weighted by Crippen LogP contribution is 2.36. The molecule has 0 saturated carbocycles. The van der Waals surface area contributed by atoms with Crippen LogP contribution in [-0.2, 0) is 0 Å². The van der Waals surface area contributed by atoms with Crippen molar-refractivity contribution in [2.45, 2.75) is 70.6 Å². The number of benzene rings is 2. The van der Waals surface area contributed by atoms with E-state index in [0.29, 0.717) is 27.8 Å². The highest BCUT2D eigenvalue weighted by Gasteiger charge is 2.32. The maximum Gasteiger partial charge on any atom is 0.103 e. The van der Waals surface area contributed by atoms with E-state index in [1.54, 1.807) is 19.5 Å². The molecule has 2 aliphatic heterocycles. The first-order valence-corrected chi connectivity index (χ1v) is 16.7. The van der Waals surface area contributed by atoms with Gasteiger partial charge in [-0.3, -0.25) is 19.9 Å². The lowest BCUT2D eigenvalue weighted by molar-refractivity contribution is 0.0570. The lowest BCUT2D eigenvalue weighted by Crippen LogP contribution is -2.52. The van der Waals surface area contributed by atoms with Crippen molar-refractivity contribution in [1.82, 2.24) is 25.9 Å². The standard InChI is InChI=1S/C37H46ClN9/c1-7-32(26-13-9-8-10-14-26)43-35-27(22-39)23-41-36-30(35)20-28(21-31(36)38)42-34(25(2)12-11-17-40-6)33-24-47(45-44-33)29-15-18-46(19-16-29)37(3,4)5/h8-14,17,20-21,23-24,29,32,34,42,44-45H,2,7,15-16,18-19H2,1,3-6H3,(H,41,43)/b12-11-,40-17-/t32-,34+/m1/s1. The van der Waals surface area contributed by atoms with E-state index < -0.39 is 0 Å². The second-order valence-corrected chi connectivity index (χ2v) is 13.5. The van der Waals surface area contributed by atoms with Crippen molar-refractivity contribution in [2.24, 2.45) is 4.99 Å². The lowest BCUT2D eigenvalue weighted by atomic mass is 9.98. The van der Waals surface area contributed by atoms with Crippen LogP contribution in [0, 0.1) is 11.3 Å². The number of nitrogens with zero attached hydrogens (tertiary/aromatic N) is 5. The van der Waals surface area contributed by atoms with Gasteiger partial charge in [-0.1, -0.05) is 61.5 Å². The third kappa shape index (κ3) is 7.96. The summed E-state index contributed by atoms with van der Waals surface area (Å²) in [6, 6.07) is 16.5. The number of halogens is 1. The van der Waals surface area contributed by atoms with Crippen LogP contribution in [-0.4, -0.2) is 58.9 Å². The maximum atomic E-state index is 10.1. The van der Waals surface area contributed by atoms with Gasteiger partial charge in [-0.2, -0.15) is 5.26 Å². The molecule has 0 radical (unpaired) electrons. The quantitative estimate of drug-likeness (QED) is 0.126. The minimum atomic E-state index is -0.312. The molecule has 10 heteroatoms. The van der Waals surface area contributed by atoms with E-state index in [9.17, 15) is 5.26 Å². The Balaban J connectivity index is 1.47. The summed E-state index contributed by atoms with van der Waals surface area (Å²) in [7, 11) is 1.74. The van der Waals surface area contributed by atoms with Gasteiger partial charge < -0.3 is 16.1 Å². The summed E-state index contributed by atoms with van der Waals surface area (Å²) in [5.41, 5.74) is 12.4. The van der Waals surface area contributed by atoms with Crippen LogP contribution in [0.15, 0.2) is 89.9 Å². The van der Waals surface area contributed by atoms with Crippen molar-refractivity contribution < 1.29 is 0 Å². The molecule has 2 aromatic carbocycles. The number of aliphatic imine (C=N–C) groups is 1. The number of anilines is 2. The van der Waals surface area contributed by atoms with Gasteiger partial charge in [0.25, 0.3) is 0 Å². The van der Waals surface area contributed by atoms with Crippen LogP contribution in [0.5, 0.6) is 0 Å². The zero-order chi connectivity index (χ0) is 33.6. The number of nitrogens with one attached hydrogen (secondary N) is 4. The van der Waals surface area contributed by atoms with Crippen molar-refractivity contribution in [2.75, 3.05) is 30.8 Å². The molecule has 3 aromatic rings. The summed E-state index contributed by atoms with van der Waals surface area (Å²) in [6.07, 6.45) is 12.3. The van der Waals surface area contributed by atoms with E-state index in [1.165, 1.54) is 0 Å². The van der Waals surface area contributed by atoms with Crippen LogP contribution in [0.4, 0.5) is 11.4 Å². The molecule has 0 bridgehead atoms. The van der Waals surface area contributed by atoms with Gasteiger partial charge in [-0.25, -0.2) is 0 Å². The van der Waals surface area contributed by atoms with Crippen molar-refractivity contribution in [3.63, 3.8) is 0 Å². The van der Waals surface area contributed by atoms with Gasteiger partial charge in [0.05, 0.1) is 39.6 Å². The maximum absolute atomic E-state index is 10.1. The minimum absolute atomic E-state index is 0.00218. The number of nitriles is 1. The van der Waals surface area contributed by atoms with Gasteiger partial charge in [0.1, 0.15) is 6.07 Å². The van der Waals surface area contributed by atoms with Gasteiger partial charge in [0, 0.05) is 61.4 Å². The van der Waals surface area contributed by atoms with E-state index in [-0.39, 0.29) is 17.6 Å². The first-order valence-electron chi connectivity index (χ1n) is 16.3. The van der Waals surface area contributed by atoms with Crippen LogP contribution < -0.4 is 21.6 Å². The number of hydrazine groups is 2. The summed E-state index contributed by atoms with van der Waals surface area (Å²) in [5.74, 6) is 0. The molecule has 0 aliphatic carbocycles. The predicted octanol–water partition coefficient (Wildman–Crippen LogP) is 7.35. The van der Waals surface area contributed by atoms with Crippen molar-refractivity contribution in [3.05, 3.63) is 101 Å². The molecule has 0 amide bonds. The number of pyridine rings is 1. The summed E-state index contributed by atoms with van der Waals surface area (Å²) in [6.45, 7) is 15.5. The molecule has 5 rings (SSSR count). The Hall–Kier alpha value is -4.36. The third-order valence-corrected chi connectivity index (χ3v) is 9.21. The largest absolute Gasteiger partial charge is 0.377 e. The van der Waals surface area contributed by atoms with E-state index in [0.717, 1.165) is 60.3 Å². The minimum Gasteiger partial charge on any atom is -0.377 e. The molecule has 246 valence electrons.